The molecule has 1 unspecified atom stereocenters. The van der Waals surface area contributed by atoms with Crippen LogP contribution in [0.15, 0.2) is 18.2 Å². The van der Waals surface area contributed by atoms with Crippen molar-refractivity contribution in [3.8, 4) is 0 Å². The van der Waals surface area contributed by atoms with Crippen LogP contribution in [-0.2, 0) is 4.79 Å². The van der Waals surface area contributed by atoms with Crippen LogP contribution in [0, 0.1) is 6.92 Å². The first-order valence-electron chi connectivity index (χ1n) is 6.93. The van der Waals surface area contributed by atoms with Crippen LogP contribution in [0.4, 0.5) is 0 Å². The highest BCUT2D eigenvalue weighted by atomic mass is 16.4. The number of aromatic carboxylic acids is 1. The van der Waals surface area contributed by atoms with Gasteiger partial charge in [-0.2, -0.15) is 0 Å². The number of rotatable bonds is 2. The number of likely N-dealkylation sites (N-methyl/N-ethyl adjacent to an activating group) is 1. The zero-order chi connectivity index (χ0) is 15.1. The fourth-order valence-corrected chi connectivity index (χ4v) is 3.01. The van der Waals surface area contributed by atoms with Crippen LogP contribution >= 0.6 is 0 Å². The van der Waals surface area contributed by atoms with E-state index in [2.05, 4.69) is 9.55 Å². The molecule has 1 aliphatic rings. The predicted octanol–water partition coefficient (Wildman–Crippen LogP) is 1.84. The highest BCUT2D eigenvalue weighted by Gasteiger charge is 2.26. The highest BCUT2D eigenvalue weighted by Crippen LogP contribution is 2.28. The molecule has 0 spiro atoms. The standard InChI is InChI=1S/C15H17N3O3/c1-9-16-12-5-3-10(15(20)21)7-13(12)18(9)11-4-6-14(19)17(2)8-11/h3,5,7,11H,4,6,8H2,1-2H3,(H,20,21). The summed E-state index contributed by atoms with van der Waals surface area (Å²) in [5, 5.41) is 9.15. The molecule has 2 heterocycles. The first-order chi connectivity index (χ1) is 9.97. The molecular formula is C15H17N3O3. The monoisotopic (exact) mass is 287 g/mol. The molecule has 21 heavy (non-hydrogen) atoms. The van der Waals surface area contributed by atoms with Crippen LogP contribution in [0.3, 0.4) is 0 Å². The number of aromatic nitrogens is 2. The van der Waals surface area contributed by atoms with Gasteiger partial charge in [-0.05, 0) is 31.5 Å². The molecule has 1 atom stereocenters. The Bertz CT molecular complexity index is 735. The van der Waals surface area contributed by atoms with Crippen molar-refractivity contribution in [2.75, 3.05) is 13.6 Å². The highest BCUT2D eigenvalue weighted by molar-refractivity contribution is 5.92. The van der Waals surface area contributed by atoms with Crippen LogP contribution < -0.4 is 0 Å². The van der Waals surface area contributed by atoms with E-state index >= 15 is 0 Å². The number of piperidine rings is 1. The molecule has 1 N–H and O–H groups in total. The summed E-state index contributed by atoms with van der Waals surface area (Å²) >= 11 is 0. The normalized spacial score (nSPS) is 19.2. The van der Waals surface area contributed by atoms with Crippen molar-refractivity contribution in [3.63, 3.8) is 0 Å². The molecule has 1 aromatic carbocycles. The molecule has 1 aromatic heterocycles. The maximum atomic E-state index is 11.6. The molecule has 6 heteroatoms. The van der Waals surface area contributed by atoms with Crippen LogP contribution in [-0.4, -0.2) is 45.0 Å². The van der Waals surface area contributed by atoms with E-state index in [-0.39, 0.29) is 17.5 Å². The molecule has 0 aliphatic carbocycles. The van der Waals surface area contributed by atoms with Gasteiger partial charge in [-0.3, -0.25) is 4.79 Å². The topological polar surface area (TPSA) is 75.4 Å². The summed E-state index contributed by atoms with van der Waals surface area (Å²) in [6, 6.07) is 5.10. The molecule has 6 nitrogen and oxygen atoms in total. The third kappa shape index (κ3) is 2.26. The summed E-state index contributed by atoms with van der Waals surface area (Å²) in [5.74, 6) is 0.0538. The van der Waals surface area contributed by atoms with Gasteiger partial charge in [0, 0.05) is 20.0 Å². The molecule has 0 radical (unpaired) electrons. The van der Waals surface area contributed by atoms with Gasteiger partial charge in [-0.1, -0.05) is 0 Å². The summed E-state index contributed by atoms with van der Waals surface area (Å²) < 4.78 is 2.06. The third-order valence-electron chi connectivity index (χ3n) is 4.08. The molecule has 1 fully saturated rings. The molecule has 3 rings (SSSR count). The molecule has 2 aromatic rings. The van der Waals surface area contributed by atoms with Crippen molar-refractivity contribution in [2.45, 2.75) is 25.8 Å². The Morgan fingerprint density at radius 2 is 2.19 bits per heavy atom. The second-order valence-corrected chi connectivity index (χ2v) is 5.50. The molecule has 1 aliphatic heterocycles. The van der Waals surface area contributed by atoms with Crippen LogP contribution in [0.2, 0.25) is 0 Å². The fraction of sp³-hybridized carbons (Fsp3) is 0.400. The second-order valence-electron chi connectivity index (χ2n) is 5.50. The SMILES string of the molecule is Cc1nc2ccc(C(=O)O)cc2n1C1CCC(=O)N(C)C1. The van der Waals surface area contributed by atoms with E-state index in [1.165, 1.54) is 0 Å². The van der Waals surface area contributed by atoms with Gasteiger partial charge in [0.1, 0.15) is 5.82 Å². The fourth-order valence-electron chi connectivity index (χ4n) is 3.01. The number of likely N-dealkylation sites (tertiary alicyclic amines) is 1. The van der Waals surface area contributed by atoms with Gasteiger partial charge in [0.05, 0.1) is 22.6 Å². The Morgan fingerprint density at radius 3 is 2.86 bits per heavy atom. The van der Waals surface area contributed by atoms with E-state index in [0.29, 0.717) is 13.0 Å². The van der Waals surface area contributed by atoms with E-state index in [0.717, 1.165) is 23.3 Å². The maximum absolute atomic E-state index is 11.6. The van der Waals surface area contributed by atoms with Gasteiger partial charge in [0.2, 0.25) is 5.91 Å². The summed E-state index contributed by atoms with van der Waals surface area (Å²) in [7, 11) is 1.80. The van der Waals surface area contributed by atoms with Crippen molar-refractivity contribution in [1.82, 2.24) is 14.5 Å². The van der Waals surface area contributed by atoms with E-state index in [4.69, 9.17) is 5.11 Å². The minimum absolute atomic E-state index is 0.141. The van der Waals surface area contributed by atoms with Crippen molar-refractivity contribution in [1.29, 1.82) is 0 Å². The summed E-state index contributed by atoms with van der Waals surface area (Å²) in [5.41, 5.74) is 1.86. The van der Waals surface area contributed by atoms with E-state index in [9.17, 15) is 9.59 Å². The number of fused-ring (bicyclic) bond motifs is 1. The molecular weight excluding hydrogens is 270 g/mol. The van der Waals surface area contributed by atoms with Crippen molar-refractivity contribution >= 4 is 22.9 Å². The van der Waals surface area contributed by atoms with Gasteiger partial charge in [0.25, 0.3) is 0 Å². The van der Waals surface area contributed by atoms with Gasteiger partial charge in [-0.25, -0.2) is 9.78 Å². The lowest BCUT2D eigenvalue weighted by Crippen LogP contribution is -2.38. The van der Waals surface area contributed by atoms with Crippen LogP contribution in [0.25, 0.3) is 11.0 Å². The minimum Gasteiger partial charge on any atom is -0.478 e. The van der Waals surface area contributed by atoms with Gasteiger partial charge < -0.3 is 14.6 Å². The number of nitrogens with zero attached hydrogens (tertiary/aromatic N) is 3. The van der Waals surface area contributed by atoms with Crippen LogP contribution in [0.5, 0.6) is 0 Å². The zero-order valence-electron chi connectivity index (χ0n) is 12.0. The van der Waals surface area contributed by atoms with E-state index < -0.39 is 5.97 Å². The second kappa shape index (κ2) is 4.87. The van der Waals surface area contributed by atoms with Gasteiger partial charge in [-0.15, -0.1) is 0 Å². The first kappa shape index (κ1) is 13.6. The predicted molar refractivity (Wildman–Crippen MR) is 77.3 cm³/mol. The van der Waals surface area contributed by atoms with Crippen LogP contribution in [0.1, 0.15) is 35.1 Å². The Balaban J connectivity index is 2.08. The molecule has 0 bridgehead atoms. The number of benzene rings is 1. The Kier molecular flexibility index (Phi) is 3.16. The zero-order valence-corrected chi connectivity index (χ0v) is 12.0. The number of amides is 1. The average Bonchev–Trinajstić information content (AvgIpc) is 2.77. The smallest absolute Gasteiger partial charge is 0.335 e. The lowest BCUT2D eigenvalue weighted by molar-refractivity contribution is -0.132. The number of aryl methyl sites for hydroxylation is 1. The number of hydrogen-bond acceptors (Lipinski definition) is 3. The van der Waals surface area contributed by atoms with Crippen molar-refractivity contribution in [2.24, 2.45) is 0 Å². The maximum Gasteiger partial charge on any atom is 0.335 e. The van der Waals surface area contributed by atoms with Gasteiger partial charge >= 0.3 is 5.97 Å². The lowest BCUT2D eigenvalue weighted by atomic mass is 10.0. The van der Waals surface area contributed by atoms with Crippen molar-refractivity contribution < 1.29 is 14.7 Å². The number of carboxylic acid groups (broad SMARTS) is 1. The Labute approximate surface area is 122 Å². The number of carbonyl (C=O) groups excluding carboxylic acids is 1. The lowest BCUT2D eigenvalue weighted by Gasteiger charge is -2.31. The summed E-state index contributed by atoms with van der Waals surface area (Å²) in [4.78, 5) is 29.0. The first-order valence-corrected chi connectivity index (χ1v) is 6.93. The number of carboxylic acids is 1. The molecule has 1 saturated heterocycles. The molecule has 1 amide bonds. The number of hydrogen-bond donors (Lipinski definition) is 1. The summed E-state index contributed by atoms with van der Waals surface area (Å²) in [6.07, 6.45) is 1.27. The third-order valence-corrected chi connectivity index (χ3v) is 4.08. The summed E-state index contributed by atoms with van der Waals surface area (Å²) in [6.45, 7) is 2.54. The quantitative estimate of drug-likeness (QED) is 0.914. The van der Waals surface area contributed by atoms with E-state index in [1.54, 1.807) is 30.1 Å². The average molecular weight is 287 g/mol. The van der Waals surface area contributed by atoms with Crippen molar-refractivity contribution in [3.05, 3.63) is 29.6 Å². The Morgan fingerprint density at radius 1 is 1.43 bits per heavy atom. The molecule has 110 valence electrons. The largest absolute Gasteiger partial charge is 0.478 e. The van der Waals surface area contributed by atoms with Gasteiger partial charge in [0.15, 0.2) is 0 Å². The minimum atomic E-state index is -0.946. The Hall–Kier alpha value is -2.37. The molecule has 0 saturated carbocycles. The number of imidazole rings is 1. The number of carbonyl (C=O) groups is 2. The van der Waals surface area contributed by atoms with E-state index in [1.807, 2.05) is 6.92 Å².